The summed E-state index contributed by atoms with van der Waals surface area (Å²) in [6.45, 7) is -0.0384. The van der Waals surface area contributed by atoms with E-state index < -0.39 is 0 Å². The molecule has 0 aliphatic heterocycles. The zero-order valence-electron chi connectivity index (χ0n) is 13.6. The summed E-state index contributed by atoms with van der Waals surface area (Å²) in [5.41, 5.74) is 0.914. The number of aliphatic hydroxyl groups is 1. The van der Waals surface area contributed by atoms with Gasteiger partial charge in [0.2, 0.25) is 0 Å². The van der Waals surface area contributed by atoms with E-state index in [1.807, 2.05) is 24.3 Å². The van der Waals surface area contributed by atoms with Gasteiger partial charge in [0.05, 0.1) is 25.9 Å². The van der Waals surface area contributed by atoms with Gasteiger partial charge in [-0.3, -0.25) is 0 Å². The molecule has 0 saturated heterocycles. The molecule has 4 heteroatoms. The Bertz CT molecular complexity index is 554. The van der Waals surface area contributed by atoms with Gasteiger partial charge >= 0.3 is 0 Å². The van der Waals surface area contributed by atoms with Crippen LogP contribution in [0.4, 0.5) is 0 Å². The van der Waals surface area contributed by atoms with E-state index in [0.717, 1.165) is 37.0 Å². The second-order valence-corrected chi connectivity index (χ2v) is 6.86. The minimum absolute atomic E-state index is 0.0384. The highest BCUT2D eigenvalue weighted by molar-refractivity contribution is 5.35. The normalized spacial score (nSPS) is 30.7. The van der Waals surface area contributed by atoms with Crippen LogP contribution in [0.15, 0.2) is 24.3 Å². The third kappa shape index (κ3) is 3.52. The van der Waals surface area contributed by atoms with Crippen LogP contribution in [0.5, 0.6) is 5.75 Å². The Morgan fingerprint density at radius 1 is 1.22 bits per heavy atom. The molecule has 3 rings (SSSR count). The first-order valence-electron chi connectivity index (χ1n) is 8.51. The number of ether oxygens (including phenoxy) is 2. The number of methoxy groups -OCH3 is 1. The molecule has 0 aromatic heterocycles. The van der Waals surface area contributed by atoms with Gasteiger partial charge < -0.3 is 14.6 Å². The van der Waals surface area contributed by atoms with Crippen molar-refractivity contribution >= 4 is 0 Å². The lowest BCUT2D eigenvalue weighted by Crippen LogP contribution is -2.18. The predicted octanol–water partition coefficient (Wildman–Crippen LogP) is 3.46. The predicted molar refractivity (Wildman–Crippen MR) is 86.9 cm³/mol. The van der Waals surface area contributed by atoms with Gasteiger partial charge in [0, 0.05) is 12.0 Å². The van der Waals surface area contributed by atoms with E-state index in [1.165, 1.54) is 0 Å². The van der Waals surface area contributed by atoms with E-state index in [4.69, 9.17) is 14.7 Å². The fourth-order valence-electron chi connectivity index (χ4n) is 4.47. The summed E-state index contributed by atoms with van der Waals surface area (Å²) in [6, 6.07) is 10.0. The molecule has 124 valence electrons. The summed E-state index contributed by atoms with van der Waals surface area (Å²) in [6.07, 6.45) is 5.00. The van der Waals surface area contributed by atoms with Crippen molar-refractivity contribution in [3.05, 3.63) is 29.8 Å². The van der Waals surface area contributed by atoms with E-state index in [0.29, 0.717) is 24.2 Å². The molecule has 2 fully saturated rings. The average Bonchev–Trinajstić information content (AvgIpc) is 3.10. The van der Waals surface area contributed by atoms with Crippen LogP contribution in [0.25, 0.3) is 0 Å². The molecule has 0 radical (unpaired) electrons. The van der Waals surface area contributed by atoms with Gasteiger partial charge in [-0.05, 0) is 49.5 Å². The van der Waals surface area contributed by atoms with E-state index >= 15 is 0 Å². The Balaban J connectivity index is 1.61. The summed E-state index contributed by atoms with van der Waals surface area (Å²) in [5, 5.41) is 18.6. The van der Waals surface area contributed by atoms with Gasteiger partial charge in [0.25, 0.3) is 0 Å². The molecule has 5 atom stereocenters. The number of fused-ring (bicyclic) bond motifs is 1. The Labute approximate surface area is 138 Å². The SMILES string of the molecule is COc1ccccc1C(CO)OC1C[C@H]2CC(CC#N)C[C@H]2C1. The van der Waals surface area contributed by atoms with Gasteiger partial charge in [-0.25, -0.2) is 0 Å². The topological polar surface area (TPSA) is 62.5 Å². The van der Waals surface area contributed by atoms with Crippen molar-refractivity contribution in [1.82, 2.24) is 0 Å². The molecule has 4 nitrogen and oxygen atoms in total. The van der Waals surface area contributed by atoms with Crippen LogP contribution in [-0.4, -0.2) is 24.9 Å². The maximum absolute atomic E-state index is 9.76. The number of benzene rings is 1. The van der Waals surface area contributed by atoms with Crippen molar-refractivity contribution in [3.63, 3.8) is 0 Å². The molecule has 0 bridgehead atoms. The number of nitriles is 1. The number of aliphatic hydroxyl groups excluding tert-OH is 1. The fourth-order valence-corrected chi connectivity index (χ4v) is 4.47. The van der Waals surface area contributed by atoms with E-state index in [-0.39, 0.29) is 18.8 Å². The fraction of sp³-hybridized carbons (Fsp3) is 0.632. The lowest BCUT2D eigenvalue weighted by Gasteiger charge is -2.23. The monoisotopic (exact) mass is 315 g/mol. The highest BCUT2D eigenvalue weighted by Gasteiger charge is 2.42. The molecular weight excluding hydrogens is 290 g/mol. The second kappa shape index (κ2) is 7.33. The molecule has 3 unspecified atom stereocenters. The highest BCUT2D eigenvalue weighted by Crippen LogP contribution is 2.49. The standard InChI is InChI=1S/C19H25NO3/c1-22-18-5-3-2-4-17(18)19(12-21)23-16-10-14-8-13(6-7-20)9-15(14)11-16/h2-5,13-16,19,21H,6,8-12H2,1H3/t13?,14-,15+,16?,19?. The zero-order valence-corrected chi connectivity index (χ0v) is 13.6. The Kier molecular flexibility index (Phi) is 5.20. The van der Waals surface area contributed by atoms with Gasteiger partial charge in [0.1, 0.15) is 11.9 Å². The van der Waals surface area contributed by atoms with Crippen LogP contribution in [0, 0.1) is 29.1 Å². The smallest absolute Gasteiger partial charge is 0.124 e. The molecular formula is C19H25NO3. The van der Waals surface area contributed by atoms with Crippen molar-refractivity contribution < 1.29 is 14.6 Å². The third-order valence-corrected chi connectivity index (χ3v) is 5.46. The molecule has 23 heavy (non-hydrogen) atoms. The first kappa shape index (κ1) is 16.3. The molecule has 1 N–H and O–H groups in total. The van der Waals surface area contributed by atoms with Crippen molar-refractivity contribution in [3.8, 4) is 11.8 Å². The summed E-state index contributed by atoms with van der Waals surface area (Å²) >= 11 is 0. The maximum atomic E-state index is 9.76. The van der Waals surface area contributed by atoms with Crippen LogP contribution in [-0.2, 0) is 4.74 Å². The van der Waals surface area contributed by atoms with Crippen molar-refractivity contribution in [2.45, 2.75) is 44.3 Å². The van der Waals surface area contributed by atoms with Crippen LogP contribution >= 0.6 is 0 Å². The van der Waals surface area contributed by atoms with Crippen molar-refractivity contribution in [1.29, 1.82) is 5.26 Å². The van der Waals surface area contributed by atoms with Gasteiger partial charge in [-0.15, -0.1) is 0 Å². The third-order valence-electron chi connectivity index (χ3n) is 5.46. The molecule has 2 aliphatic carbocycles. The summed E-state index contributed by atoms with van der Waals surface area (Å²) in [7, 11) is 1.64. The van der Waals surface area contributed by atoms with E-state index in [9.17, 15) is 5.11 Å². The van der Waals surface area contributed by atoms with E-state index in [2.05, 4.69) is 6.07 Å². The largest absolute Gasteiger partial charge is 0.496 e. The number of hydrogen-bond acceptors (Lipinski definition) is 4. The minimum Gasteiger partial charge on any atom is -0.496 e. The second-order valence-electron chi connectivity index (χ2n) is 6.86. The lowest BCUT2D eigenvalue weighted by atomic mass is 10.00. The van der Waals surface area contributed by atoms with Gasteiger partial charge in [-0.2, -0.15) is 5.26 Å². The number of hydrogen-bond donors (Lipinski definition) is 1. The summed E-state index contributed by atoms with van der Waals surface area (Å²) in [4.78, 5) is 0. The summed E-state index contributed by atoms with van der Waals surface area (Å²) in [5.74, 6) is 2.73. The number of rotatable bonds is 6. The minimum atomic E-state index is -0.329. The van der Waals surface area contributed by atoms with E-state index in [1.54, 1.807) is 7.11 Å². The molecule has 1 aromatic rings. The number of nitrogens with zero attached hydrogens (tertiary/aromatic N) is 1. The Hall–Kier alpha value is -1.57. The van der Waals surface area contributed by atoms with Crippen molar-refractivity contribution in [2.75, 3.05) is 13.7 Å². The van der Waals surface area contributed by atoms with Crippen LogP contribution in [0.2, 0.25) is 0 Å². The number of para-hydroxylation sites is 1. The molecule has 2 saturated carbocycles. The average molecular weight is 315 g/mol. The first-order valence-corrected chi connectivity index (χ1v) is 8.51. The van der Waals surface area contributed by atoms with Crippen molar-refractivity contribution in [2.24, 2.45) is 17.8 Å². The maximum Gasteiger partial charge on any atom is 0.124 e. The Morgan fingerprint density at radius 2 is 1.91 bits per heavy atom. The Morgan fingerprint density at radius 3 is 2.52 bits per heavy atom. The molecule has 0 spiro atoms. The first-order chi connectivity index (χ1) is 11.2. The molecule has 1 aromatic carbocycles. The molecule has 2 aliphatic rings. The van der Waals surface area contributed by atoms with Crippen LogP contribution in [0.1, 0.15) is 43.8 Å². The van der Waals surface area contributed by atoms with Gasteiger partial charge in [-0.1, -0.05) is 18.2 Å². The highest BCUT2D eigenvalue weighted by atomic mass is 16.5. The molecule has 0 amide bonds. The summed E-state index contributed by atoms with van der Waals surface area (Å²) < 4.78 is 11.6. The quantitative estimate of drug-likeness (QED) is 0.873. The van der Waals surface area contributed by atoms with Gasteiger partial charge in [0.15, 0.2) is 0 Å². The van der Waals surface area contributed by atoms with Crippen LogP contribution in [0.3, 0.4) is 0 Å². The lowest BCUT2D eigenvalue weighted by molar-refractivity contribution is -0.0423. The molecule has 0 heterocycles. The van der Waals surface area contributed by atoms with Crippen LogP contribution < -0.4 is 4.74 Å². The zero-order chi connectivity index (χ0) is 16.2.